The molecule has 6 heteroatoms. The maximum atomic E-state index is 11.1. The van der Waals surface area contributed by atoms with Gasteiger partial charge in [0.05, 0.1) is 13.2 Å². The number of hydrogen-bond donors (Lipinski definition) is 0. The molecule has 0 bridgehead atoms. The van der Waals surface area contributed by atoms with Crippen molar-refractivity contribution in [3.63, 3.8) is 0 Å². The second-order valence-corrected chi connectivity index (χ2v) is 7.65. The topological polar surface area (TPSA) is 61.8 Å². The molecular formula is C12H22O5Si. The Labute approximate surface area is 109 Å². The zero-order valence-corrected chi connectivity index (χ0v) is 12.6. The molecule has 0 heterocycles. The summed E-state index contributed by atoms with van der Waals surface area (Å²) in [5.41, 5.74) is 0.915. The molecule has 0 aromatic carbocycles. The zero-order chi connectivity index (χ0) is 14.2. The summed E-state index contributed by atoms with van der Waals surface area (Å²) in [7, 11) is -2.82. The highest BCUT2D eigenvalue weighted by atomic mass is 28.4. The molecule has 0 saturated heterocycles. The van der Waals surface area contributed by atoms with Crippen molar-refractivity contribution in [2.24, 2.45) is 0 Å². The molecule has 18 heavy (non-hydrogen) atoms. The second kappa shape index (κ2) is 8.05. The molecule has 0 radical (unpaired) electrons. The van der Waals surface area contributed by atoms with Gasteiger partial charge in [-0.3, -0.25) is 9.59 Å². The third-order valence-electron chi connectivity index (χ3n) is 2.17. The van der Waals surface area contributed by atoms with Crippen molar-refractivity contribution in [1.29, 1.82) is 0 Å². The van der Waals surface area contributed by atoms with Gasteiger partial charge in [0.2, 0.25) is 0 Å². The average Bonchev–Trinajstić information content (AvgIpc) is 2.22. The number of carbonyl (C=O) groups is 2. The van der Waals surface area contributed by atoms with E-state index in [9.17, 15) is 9.59 Å². The van der Waals surface area contributed by atoms with E-state index in [4.69, 9.17) is 13.6 Å². The molecule has 0 aromatic heterocycles. The van der Waals surface area contributed by atoms with Crippen LogP contribution in [0.4, 0.5) is 0 Å². The van der Waals surface area contributed by atoms with Gasteiger partial charge in [-0.2, -0.15) is 0 Å². The maximum absolute atomic E-state index is 11.1. The van der Waals surface area contributed by atoms with Gasteiger partial charge in [0, 0.05) is 25.9 Å². The highest BCUT2D eigenvalue weighted by molar-refractivity contribution is 6.70. The first-order chi connectivity index (χ1) is 8.31. The van der Waals surface area contributed by atoms with Crippen molar-refractivity contribution < 1.29 is 23.2 Å². The minimum absolute atomic E-state index is 0.382. The van der Waals surface area contributed by atoms with Crippen LogP contribution in [0.25, 0.3) is 0 Å². The minimum atomic E-state index is -2.82. The molecule has 0 aliphatic carbocycles. The van der Waals surface area contributed by atoms with E-state index in [0.717, 1.165) is 5.57 Å². The van der Waals surface area contributed by atoms with Crippen LogP contribution < -0.4 is 0 Å². The van der Waals surface area contributed by atoms with Crippen LogP contribution in [0, 0.1) is 0 Å². The standard InChI is InChI=1S/C12H22O5Si/c1-6-18(16-11(4)13,17-12(5)14)8-7-15-9-10(2)3/h2,6-9H2,1,3-5H3. The van der Waals surface area contributed by atoms with Gasteiger partial charge in [0.15, 0.2) is 0 Å². The average molecular weight is 274 g/mol. The van der Waals surface area contributed by atoms with Crippen molar-refractivity contribution in [2.45, 2.75) is 39.8 Å². The summed E-state index contributed by atoms with van der Waals surface area (Å²) in [6.07, 6.45) is 0. The van der Waals surface area contributed by atoms with E-state index in [1.807, 2.05) is 13.8 Å². The molecule has 5 nitrogen and oxygen atoms in total. The number of rotatable bonds is 8. The lowest BCUT2D eigenvalue weighted by atomic mass is 10.4. The van der Waals surface area contributed by atoms with Crippen molar-refractivity contribution in [3.05, 3.63) is 12.2 Å². The second-order valence-electron chi connectivity index (χ2n) is 4.21. The van der Waals surface area contributed by atoms with Crippen LogP contribution in [-0.4, -0.2) is 33.7 Å². The predicted molar refractivity (Wildman–Crippen MR) is 70.2 cm³/mol. The number of ether oxygens (including phenoxy) is 1. The van der Waals surface area contributed by atoms with Gasteiger partial charge in [-0.05, 0) is 6.92 Å². The molecule has 0 rings (SSSR count). The smallest absolute Gasteiger partial charge is 0.466 e. The van der Waals surface area contributed by atoms with Gasteiger partial charge >= 0.3 is 8.56 Å². The van der Waals surface area contributed by atoms with Crippen LogP contribution in [0.3, 0.4) is 0 Å². The fraction of sp³-hybridized carbons (Fsp3) is 0.667. The number of hydrogen-bond acceptors (Lipinski definition) is 5. The van der Waals surface area contributed by atoms with E-state index < -0.39 is 20.5 Å². The summed E-state index contributed by atoms with van der Waals surface area (Å²) in [4.78, 5) is 22.2. The van der Waals surface area contributed by atoms with Gasteiger partial charge in [-0.15, -0.1) is 0 Å². The summed E-state index contributed by atoms with van der Waals surface area (Å²) < 4.78 is 15.9. The number of carbonyl (C=O) groups excluding carboxylic acids is 2. The SMILES string of the molecule is C=C(C)COCC[Si](CC)(OC(C)=O)OC(C)=O. The Balaban J connectivity index is 4.47. The summed E-state index contributed by atoms with van der Waals surface area (Å²) in [5, 5.41) is 0. The van der Waals surface area contributed by atoms with Crippen molar-refractivity contribution >= 4 is 20.5 Å². The molecule has 0 amide bonds. The van der Waals surface area contributed by atoms with Gasteiger partial charge < -0.3 is 13.6 Å². The van der Waals surface area contributed by atoms with Crippen molar-refractivity contribution in [2.75, 3.05) is 13.2 Å². The van der Waals surface area contributed by atoms with Crippen LogP contribution in [0.1, 0.15) is 27.7 Å². The van der Waals surface area contributed by atoms with E-state index >= 15 is 0 Å². The normalized spacial score (nSPS) is 10.9. The molecule has 0 aliphatic heterocycles. The first-order valence-corrected chi connectivity index (χ1v) is 8.15. The van der Waals surface area contributed by atoms with E-state index in [-0.39, 0.29) is 0 Å². The Kier molecular flexibility index (Phi) is 7.53. The molecule has 0 atom stereocenters. The fourth-order valence-electron chi connectivity index (χ4n) is 1.44. The third kappa shape index (κ3) is 7.23. The van der Waals surface area contributed by atoms with Crippen molar-refractivity contribution in [1.82, 2.24) is 0 Å². The summed E-state index contributed by atoms with van der Waals surface area (Å²) >= 11 is 0. The van der Waals surface area contributed by atoms with Crippen LogP contribution >= 0.6 is 0 Å². The predicted octanol–water partition coefficient (Wildman–Crippen LogP) is 2.17. The quantitative estimate of drug-likeness (QED) is 0.385. The van der Waals surface area contributed by atoms with Gasteiger partial charge in [-0.25, -0.2) is 0 Å². The summed E-state index contributed by atoms with van der Waals surface area (Å²) in [6.45, 7) is 10.9. The Hall–Kier alpha value is -1.14. The minimum Gasteiger partial charge on any atom is -0.485 e. The molecule has 0 aromatic rings. The first kappa shape index (κ1) is 16.9. The molecular weight excluding hydrogens is 252 g/mol. The lowest BCUT2D eigenvalue weighted by Crippen LogP contribution is -2.45. The van der Waals surface area contributed by atoms with E-state index in [2.05, 4.69) is 6.58 Å². The summed E-state index contributed by atoms with van der Waals surface area (Å²) in [6, 6.07) is 0.957. The van der Waals surface area contributed by atoms with E-state index in [0.29, 0.717) is 25.3 Å². The lowest BCUT2D eigenvalue weighted by Gasteiger charge is -2.27. The van der Waals surface area contributed by atoms with E-state index in [1.54, 1.807) is 0 Å². The Bertz CT molecular complexity index is 298. The van der Waals surface area contributed by atoms with Gasteiger partial charge in [0.1, 0.15) is 0 Å². The molecule has 0 N–H and O–H groups in total. The molecule has 0 spiro atoms. The Morgan fingerprint density at radius 1 is 1.11 bits per heavy atom. The summed E-state index contributed by atoms with van der Waals surface area (Å²) in [5.74, 6) is -0.852. The molecule has 0 unspecified atom stereocenters. The van der Waals surface area contributed by atoms with E-state index in [1.165, 1.54) is 13.8 Å². The molecule has 0 fully saturated rings. The maximum Gasteiger partial charge on any atom is 0.466 e. The fourth-order valence-corrected chi connectivity index (χ4v) is 3.83. The van der Waals surface area contributed by atoms with Gasteiger partial charge in [-0.1, -0.05) is 19.1 Å². The molecule has 0 aliphatic rings. The Morgan fingerprint density at radius 3 is 1.94 bits per heavy atom. The Morgan fingerprint density at radius 2 is 1.61 bits per heavy atom. The lowest BCUT2D eigenvalue weighted by molar-refractivity contribution is -0.139. The molecule has 104 valence electrons. The van der Waals surface area contributed by atoms with Crippen LogP contribution in [0.5, 0.6) is 0 Å². The third-order valence-corrected chi connectivity index (χ3v) is 5.54. The van der Waals surface area contributed by atoms with Gasteiger partial charge in [0.25, 0.3) is 11.9 Å². The van der Waals surface area contributed by atoms with Crippen LogP contribution in [-0.2, 0) is 23.2 Å². The van der Waals surface area contributed by atoms with Crippen LogP contribution in [0.2, 0.25) is 12.1 Å². The zero-order valence-electron chi connectivity index (χ0n) is 11.6. The highest BCUT2D eigenvalue weighted by Gasteiger charge is 2.41. The largest absolute Gasteiger partial charge is 0.485 e. The highest BCUT2D eigenvalue weighted by Crippen LogP contribution is 2.20. The van der Waals surface area contributed by atoms with Crippen molar-refractivity contribution in [3.8, 4) is 0 Å². The monoisotopic (exact) mass is 274 g/mol. The molecule has 0 saturated carbocycles. The van der Waals surface area contributed by atoms with Crippen LogP contribution in [0.15, 0.2) is 12.2 Å². The first-order valence-electron chi connectivity index (χ1n) is 5.92.